The Morgan fingerprint density at radius 2 is 1.76 bits per heavy atom. The van der Waals surface area contributed by atoms with Crippen LogP contribution in [0, 0.1) is 5.92 Å². The Kier molecular flexibility index (Phi) is 10.6. The highest BCUT2D eigenvalue weighted by molar-refractivity contribution is 5.97. The van der Waals surface area contributed by atoms with Crippen LogP contribution in [0.15, 0.2) is 24.3 Å². The van der Waals surface area contributed by atoms with Crippen LogP contribution >= 0.6 is 0 Å². The molecule has 1 rings (SSSR count). The fourth-order valence-corrected chi connectivity index (χ4v) is 2.67. The van der Waals surface area contributed by atoms with E-state index in [2.05, 4.69) is 26.1 Å². The molecule has 25 heavy (non-hydrogen) atoms. The first-order valence-electron chi connectivity index (χ1n) is 9.67. The minimum atomic E-state index is -0.361. The van der Waals surface area contributed by atoms with Gasteiger partial charge in [0.05, 0.1) is 12.2 Å². The van der Waals surface area contributed by atoms with Crippen molar-refractivity contribution in [3.8, 4) is 0 Å². The zero-order chi connectivity index (χ0) is 18.5. The van der Waals surface area contributed by atoms with Gasteiger partial charge in [-0.1, -0.05) is 58.9 Å². The van der Waals surface area contributed by atoms with Gasteiger partial charge in [0, 0.05) is 12.1 Å². The first-order chi connectivity index (χ1) is 12.1. The number of ether oxygens (including phenoxy) is 1. The number of carbonyl (C=O) groups is 2. The molecular formula is C21H33NO3. The summed E-state index contributed by atoms with van der Waals surface area (Å²) in [5, 5.41) is 2.99. The van der Waals surface area contributed by atoms with Crippen molar-refractivity contribution in [2.24, 2.45) is 5.92 Å². The van der Waals surface area contributed by atoms with E-state index in [1.165, 1.54) is 12.8 Å². The smallest absolute Gasteiger partial charge is 0.338 e. The molecule has 0 fully saturated rings. The molecule has 0 saturated heterocycles. The third-order valence-electron chi connectivity index (χ3n) is 4.44. The van der Waals surface area contributed by atoms with Crippen LogP contribution in [0.2, 0.25) is 0 Å². The van der Waals surface area contributed by atoms with Crippen LogP contribution < -0.4 is 5.32 Å². The van der Waals surface area contributed by atoms with E-state index in [1.54, 1.807) is 24.3 Å². The van der Waals surface area contributed by atoms with Gasteiger partial charge in [0.25, 0.3) is 5.91 Å². The molecule has 4 heteroatoms. The average Bonchev–Trinajstić information content (AvgIpc) is 2.65. The van der Waals surface area contributed by atoms with E-state index < -0.39 is 0 Å². The normalized spacial score (nSPS) is 11.8. The van der Waals surface area contributed by atoms with Crippen molar-refractivity contribution in [2.75, 3.05) is 13.2 Å². The molecule has 0 aromatic heterocycles. The SMILES string of the molecule is CCCCCOC(=O)c1cccc(C(=O)NCC(CC)CCCC)c1. The van der Waals surface area contributed by atoms with Crippen LogP contribution in [0.4, 0.5) is 0 Å². The molecule has 1 N–H and O–H groups in total. The summed E-state index contributed by atoms with van der Waals surface area (Å²) in [6.45, 7) is 7.55. The maximum Gasteiger partial charge on any atom is 0.338 e. The molecular weight excluding hydrogens is 314 g/mol. The molecule has 0 heterocycles. The molecule has 1 atom stereocenters. The van der Waals surface area contributed by atoms with E-state index in [0.29, 0.717) is 30.2 Å². The number of unbranched alkanes of at least 4 members (excludes halogenated alkanes) is 3. The van der Waals surface area contributed by atoms with E-state index >= 15 is 0 Å². The maximum absolute atomic E-state index is 12.3. The quantitative estimate of drug-likeness (QED) is 0.428. The van der Waals surface area contributed by atoms with E-state index in [0.717, 1.165) is 32.1 Å². The second-order valence-electron chi connectivity index (χ2n) is 6.55. The monoisotopic (exact) mass is 347 g/mol. The highest BCUT2D eigenvalue weighted by Gasteiger charge is 2.13. The Morgan fingerprint density at radius 3 is 2.44 bits per heavy atom. The van der Waals surface area contributed by atoms with Gasteiger partial charge in [-0.05, 0) is 37.0 Å². The van der Waals surface area contributed by atoms with Crippen LogP contribution in [-0.4, -0.2) is 25.0 Å². The van der Waals surface area contributed by atoms with Crippen LogP contribution in [0.3, 0.4) is 0 Å². The summed E-state index contributed by atoms with van der Waals surface area (Å²) >= 11 is 0. The first kappa shape index (κ1) is 21.2. The summed E-state index contributed by atoms with van der Waals surface area (Å²) in [5.74, 6) is 0.0197. The highest BCUT2D eigenvalue weighted by atomic mass is 16.5. The first-order valence-corrected chi connectivity index (χ1v) is 9.67. The van der Waals surface area contributed by atoms with Crippen LogP contribution in [0.25, 0.3) is 0 Å². The third-order valence-corrected chi connectivity index (χ3v) is 4.44. The molecule has 0 aliphatic heterocycles. The summed E-state index contributed by atoms with van der Waals surface area (Å²) in [5.41, 5.74) is 0.940. The van der Waals surface area contributed by atoms with Gasteiger partial charge >= 0.3 is 5.97 Å². The van der Waals surface area contributed by atoms with Gasteiger partial charge in [-0.15, -0.1) is 0 Å². The van der Waals surface area contributed by atoms with Crippen molar-refractivity contribution in [2.45, 2.75) is 65.7 Å². The fraction of sp³-hybridized carbons (Fsp3) is 0.619. The second kappa shape index (κ2) is 12.5. The maximum atomic E-state index is 12.3. The largest absolute Gasteiger partial charge is 0.462 e. The zero-order valence-corrected chi connectivity index (χ0v) is 16.0. The number of benzene rings is 1. The average molecular weight is 347 g/mol. The van der Waals surface area contributed by atoms with Gasteiger partial charge in [0.15, 0.2) is 0 Å². The molecule has 0 spiro atoms. The molecule has 4 nitrogen and oxygen atoms in total. The highest BCUT2D eigenvalue weighted by Crippen LogP contribution is 2.12. The van der Waals surface area contributed by atoms with Crippen molar-refractivity contribution in [1.29, 1.82) is 0 Å². The number of esters is 1. The number of amides is 1. The molecule has 140 valence electrons. The molecule has 1 aromatic carbocycles. The molecule has 0 aliphatic carbocycles. The van der Waals surface area contributed by atoms with Gasteiger partial charge < -0.3 is 10.1 Å². The number of nitrogens with one attached hydrogen (secondary N) is 1. The lowest BCUT2D eigenvalue weighted by Crippen LogP contribution is -2.29. The van der Waals surface area contributed by atoms with Gasteiger partial charge in [0.1, 0.15) is 0 Å². The Labute approximate surface area is 152 Å². The lowest BCUT2D eigenvalue weighted by Gasteiger charge is -2.15. The summed E-state index contributed by atoms with van der Waals surface area (Å²) < 4.78 is 5.25. The predicted octanol–water partition coefficient (Wildman–Crippen LogP) is 4.98. The van der Waals surface area contributed by atoms with Crippen molar-refractivity contribution < 1.29 is 14.3 Å². The van der Waals surface area contributed by atoms with Gasteiger partial charge in [-0.25, -0.2) is 4.79 Å². The van der Waals surface area contributed by atoms with E-state index in [1.807, 2.05) is 0 Å². The molecule has 0 bridgehead atoms. The number of carbonyl (C=O) groups excluding carboxylic acids is 2. The second-order valence-corrected chi connectivity index (χ2v) is 6.55. The van der Waals surface area contributed by atoms with Crippen LogP contribution in [0.5, 0.6) is 0 Å². The van der Waals surface area contributed by atoms with Gasteiger partial charge in [0.2, 0.25) is 0 Å². The van der Waals surface area contributed by atoms with Crippen molar-refractivity contribution in [3.63, 3.8) is 0 Å². The van der Waals surface area contributed by atoms with E-state index in [-0.39, 0.29) is 11.9 Å². The van der Waals surface area contributed by atoms with Crippen molar-refractivity contribution >= 4 is 11.9 Å². The number of hydrogen-bond donors (Lipinski definition) is 1. The Bertz CT molecular complexity index is 528. The Morgan fingerprint density at radius 1 is 1.04 bits per heavy atom. The van der Waals surface area contributed by atoms with Crippen molar-refractivity contribution in [3.05, 3.63) is 35.4 Å². The summed E-state index contributed by atoms with van der Waals surface area (Å²) in [6, 6.07) is 6.77. The van der Waals surface area contributed by atoms with E-state index in [9.17, 15) is 9.59 Å². The van der Waals surface area contributed by atoms with Gasteiger partial charge in [-0.2, -0.15) is 0 Å². The third kappa shape index (κ3) is 8.19. The lowest BCUT2D eigenvalue weighted by molar-refractivity contribution is 0.0498. The Hall–Kier alpha value is -1.84. The predicted molar refractivity (Wildman–Crippen MR) is 102 cm³/mol. The van der Waals surface area contributed by atoms with E-state index in [4.69, 9.17) is 4.74 Å². The zero-order valence-electron chi connectivity index (χ0n) is 16.0. The molecule has 0 radical (unpaired) electrons. The minimum Gasteiger partial charge on any atom is -0.462 e. The lowest BCUT2D eigenvalue weighted by atomic mass is 9.99. The fourth-order valence-electron chi connectivity index (χ4n) is 2.67. The summed E-state index contributed by atoms with van der Waals surface area (Å²) in [6.07, 6.45) is 7.57. The van der Waals surface area contributed by atoms with Gasteiger partial charge in [-0.3, -0.25) is 4.79 Å². The summed E-state index contributed by atoms with van der Waals surface area (Å²) in [4.78, 5) is 24.4. The van der Waals surface area contributed by atoms with Crippen LogP contribution in [0.1, 0.15) is 86.4 Å². The Balaban J connectivity index is 2.55. The topological polar surface area (TPSA) is 55.4 Å². The standard InChI is InChI=1S/C21H33NO3/c1-4-7-9-14-25-21(24)19-13-10-12-18(15-19)20(23)22-16-17(6-3)11-8-5-2/h10,12-13,15,17H,4-9,11,14,16H2,1-3H3,(H,22,23). The molecule has 0 aliphatic rings. The molecule has 1 unspecified atom stereocenters. The molecule has 1 aromatic rings. The molecule has 0 saturated carbocycles. The molecule has 1 amide bonds. The number of hydrogen-bond acceptors (Lipinski definition) is 3. The number of rotatable bonds is 12. The minimum absolute atomic E-state index is 0.129. The summed E-state index contributed by atoms with van der Waals surface area (Å²) in [7, 11) is 0. The van der Waals surface area contributed by atoms with Crippen molar-refractivity contribution in [1.82, 2.24) is 5.32 Å². The van der Waals surface area contributed by atoms with Crippen LogP contribution in [-0.2, 0) is 4.74 Å².